The van der Waals surface area contributed by atoms with Gasteiger partial charge in [-0.25, -0.2) is 0 Å². The summed E-state index contributed by atoms with van der Waals surface area (Å²) in [5.41, 5.74) is 0.861. The van der Waals surface area contributed by atoms with E-state index in [0.717, 1.165) is 5.92 Å². The molecular weight excluding hydrogens is 244 g/mol. The number of hydrogen-bond donors (Lipinski definition) is 1. The Morgan fingerprint density at radius 1 is 1.25 bits per heavy atom. The van der Waals surface area contributed by atoms with Crippen LogP contribution in [0.2, 0.25) is 0 Å². The maximum absolute atomic E-state index is 3.85. The Labute approximate surface area is 126 Å². The average Bonchev–Trinajstić information content (AvgIpc) is 3.17. The number of rotatable bonds is 7. The number of nitrogens with zero attached hydrogens (tertiary/aromatic N) is 1. The molecule has 1 aliphatic heterocycles. The van der Waals surface area contributed by atoms with E-state index in [1.54, 1.807) is 0 Å². The average molecular weight is 280 g/mol. The van der Waals surface area contributed by atoms with E-state index in [2.05, 4.69) is 37.9 Å². The SMILES string of the molecule is CCCCCC(C)(C)CN1CCCNC(C)(C2CC2)C1. The second-order valence-electron chi connectivity index (χ2n) is 8.30. The Morgan fingerprint density at radius 3 is 2.65 bits per heavy atom. The molecule has 118 valence electrons. The van der Waals surface area contributed by atoms with Crippen LogP contribution in [0, 0.1) is 11.3 Å². The van der Waals surface area contributed by atoms with E-state index in [1.807, 2.05) is 0 Å². The van der Waals surface area contributed by atoms with Crippen molar-refractivity contribution in [2.24, 2.45) is 11.3 Å². The van der Waals surface area contributed by atoms with Crippen molar-refractivity contribution in [2.75, 3.05) is 26.2 Å². The quantitative estimate of drug-likeness (QED) is 0.708. The minimum atomic E-state index is 0.385. The van der Waals surface area contributed by atoms with Crippen LogP contribution < -0.4 is 5.32 Å². The third kappa shape index (κ3) is 4.73. The second kappa shape index (κ2) is 6.79. The van der Waals surface area contributed by atoms with Crippen molar-refractivity contribution < 1.29 is 0 Å². The molecule has 2 aliphatic rings. The lowest BCUT2D eigenvalue weighted by atomic mass is 9.85. The number of unbranched alkanes of at least 4 members (excludes halogenated alkanes) is 2. The molecule has 1 unspecified atom stereocenters. The lowest BCUT2D eigenvalue weighted by molar-refractivity contribution is 0.136. The minimum Gasteiger partial charge on any atom is -0.310 e. The summed E-state index contributed by atoms with van der Waals surface area (Å²) in [5, 5.41) is 3.85. The summed E-state index contributed by atoms with van der Waals surface area (Å²) in [4.78, 5) is 2.75. The van der Waals surface area contributed by atoms with Crippen LogP contribution in [0.3, 0.4) is 0 Å². The molecule has 1 saturated heterocycles. The summed E-state index contributed by atoms with van der Waals surface area (Å²) in [6, 6.07) is 0. The molecule has 0 radical (unpaired) electrons. The standard InChI is InChI=1S/C18H36N2/c1-5-6-7-11-17(2,3)14-20-13-8-12-19-18(4,15-20)16-9-10-16/h16,19H,5-15H2,1-4H3. The minimum absolute atomic E-state index is 0.385. The van der Waals surface area contributed by atoms with Gasteiger partial charge in [-0.3, -0.25) is 0 Å². The Hall–Kier alpha value is -0.0800. The molecule has 2 fully saturated rings. The molecule has 0 aromatic heterocycles. The molecule has 1 saturated carbocycles. The molecule has 20 heavy (non-hydrogen) atoms. The zero-order chi connectivity index (χ0) is 14.6. The van der Waals surface area contributed by atoms with E-state index in [1.165, 1.54) is 71.1 Å². The number of nitrogens with one attached hydrogen (secondary N) is 1. The first kappa shape index (κ1) is 16.3. The molecule has 1 heterocycles. The fourth-order valence-corrected chi connectivity index (χ4v) is 3.94. The lowest BCUT2D eigenvalue weighted by Gasteiger charge is -2.38. The van der Waals surface area contributed by atoms with Crippen LogP contribution in [0.1, 0.15) is 72.6 Å². The normalized spacial score (nSPS) is 29.4. The van der Waals surface area contributed by atoms with E-state index < -0.39 is 0 Å². The van der Waals surface area contributed by atoms with Gasteiger partial charge in [-0.15, -0.1) is 0 Å². The van der Waals surface area contributed by atoms with Crippen molar-refractivity contribution in [1.29, 1.82) is 0 Å². The molecule has 0 aromatic carbocycles. The Bertz CT molecular complexity index is 296. The van der Waals surface area contributed by atoms with Crippen LogP contribution in [-0.4, -0.2) is 36.6 Å². The highest BCUT2D eigenvalue weighted by Gasteiger charge is 2.43. The zero-order valence-corrected chi connectivity index (χ0v) is 14.3. The van der Waals surface area contributed by atoms with Crippen LogP contribution in [0.4, 0.5) is 0 Å². The summed E-state index contributed by atoms with van der Waals surface area (Å²) in [6.07, 6.45) is 9.70. The van der Waals surface area contributed by atoms with Crippen molar-refractivity contribution >= 4 is 0 Å². The molecule has 2 rings (SSSR count). The van der Waals surface area contributed by atoms with Gasteiger partial charge < -0.3 is 10.2 Å². The monoisotopic (exact) mass is 280 g/mol. The van der Waals surface area contributed by atoms with E-state index in [0.29, 0.717) is 11.0 Å². The fourth-order valence-electron chi connectivity index (χ4n) is 3.94. The Morgan fingerprint density at radius 2 is 2.00 bits per heavy atom. The summed E-state index contributed by atoms with van der Waals surface area (Å²) in [7, 11) is 0. The van der Waals surface area contributed by atoms with Gasteiger partial charge in [0.05, 0.1) is 0 Å². The van der Waals surface area contributed by atoms with Gasteiger partial charge in [-0.2, -0.15) is 0 Å². The highest BCUT2D eigenvalue weighted by atomic mass is 15.2. The largest absolute Gasteiger partial charge is 0.310 e. The van der Waals surface area contributed by atoms with Crippen LogP contribution in [-0.2, 0) is 0 Å². The summed E-state index contributed by atoms with van der Waals surface area (Å²) < 4.78 is 0. The third-order valence-electron chi connectivity index (χ3n) is 5.32. The second-order valence-corrected chi connectivity index (χ2v) is 8.30. The predicted octanol–water partition coefficient (Wildman–Crippen LogP) is 4.06. The van der Waals surface area contributed by atoms with Crippen molar-refractivity contribution in [3.8, 4) is 0 Å². The maximum Gasteiger partial charge on any atom is 0.0308 e. The first-order valence-corrected chi connectivity index (χ1v) is 8.93. The lowest BCUT2D eigenvalue weighted by Crippen LogP contribution is -2.52. The van der Waals surface area contributed by atoms with Gasteiger partial charge in [0.15, 0.2) is 0 Å². The predicted molar refractivity (Wildman–Crippen MR) is 88.1 cm³/mol. The van der Waals surface area contributed by atoms with Gasteiger partial charge in [-0.05, 0) is 57.0 Å². The van der Waals surface area contributed by atoms with Crippen LogP contribution in [0.5, 0.6) is 0 Å². The van der Waals surface area contributed by atoms with Crippen LogP contribution in [0.25, 0.3) is 0 Å². The van der Waals surface area contributed by atoms with Gasteiger partial charge in [-0.1, -0.05) is 40.0 Å². The number of hydrogen-bond acceptors (Lipinski definition) is 2. The zero-order valence-electron chi connectivity index (χ0n) is 14.3. The molecule has 0 spiro atoms. The van der Waals surface area contributed by atoms with Crippen LogP contribution >= 0.6 is 0 Å². The van der Waals surface area contributed by atoms with E-state index in [4.69, 9.17) is 0 Å². The highest BCUT2D eigenvalue weighted by Crippen LogP contribution is 2.41. The van der Waals surface area contributed by atoms with Gasteiger partial charge in [0.1, 0.15) is 0 Å². The van der Waals surface area contributed by atoms with E-state index in [9.17, 15) is 0 Å². The topological polar surface area (TPSA) is 15.3 Å². The van der Waals surface area contributed by atoms with E-state index >= 15 is 0 Å². The smallest absolute Gasteiger partial charge is 0.0308 e. The summed E-state index contributed by atoms with van der Waals surface area (Å²) in [5.74, 6) is 0.936. The highest BCUT2D eigenvalue weighted by molar-refractivity contribution is 5.01. The van der Waals surface area contributed by atoms with Gasteiger partial charge in [0, 0.05) is 18.6 Å². The Kier molecular flexibility index (Phi) is 5.53. The maximum atomic E-state index is 3.85. The van der Waals surface area contributed by atoms with Crippen molar-refractivity contribution in [2.45, 2.75) is 78.2 Å². The van der Waals surface area contributed by atoms with Gasteiger partial charge in [0.2, 0.25) is 0 Å². The summed E-state index contributed by atoms with van der Waals surface area (Å²) in [6.45, 7) is 14.7. The molecule has 0 bridgehead atoms. The molecular formula is C18H36N2. The van der Waals surface area contributed by atoms with Crippen molar-refractivity contribution in [3.63, 3.8) is 0 Å². The third-order valence-corrected chi connectivity index (χ3v) is 5.32. The molecule has 1 aliphatic carbocycles. The molecule has 1 N–H and O–H groups in total. The van der Waals surface area contributed by atoms with E-state index in [-0.39, 0.29) is 0 Å². The molecule has 2 heteroatoms. The molecule has 0 aromatic rings. The van der Waals surface area contributed by atoms with Gasteiger partial charge in [0.25, 0.3) is 0 Å². The molecule has 0 amide bonds. The Balaban J connectivity index is 1.86. The van der Waals surface area contributed by atoms with Crippen molar-refractivity contribution in [1.82, 2.24) is 10.2 Å². The van der Waals surface area contributed by atoms with Crippen LogP contribution in [0.15, 0.2) is 0 Å². The van der Waals surface area contributed by atoms with Gasteiger partial charge >= 0.3 is 0 Å². The first-order chi connectivity index (χ1) is 9.45. The summed E-state index contributed by atoms with van der Waals surface area (Å²) >= 11 is 0. The van der Waals surface area contributed by atoms with Crippen molar-refractivity contribution in [3.05, 3.63) is 0 Å². The molecule has 1 atom stereocenters. The molecule has 2 nitrogen and oxygen atoms in total. The first-order valence-electron chi connectivity index (χ1n) is 8.93. The fraction of sp³-hybridized carbons (Fsp3) is 1.00.